The molecule has 0 saturated carbocycles. The molecule has 0 saturated heterocycles. The molecule has 2 N–H and O–H groups in total. The third-order valence-electron chi connectivity index (χ3n) is 3.72. The summed E-state index contributed by atoms with van der Waals surface area (Å²) in [6, 6.07) is 15.5. The van der Waals surface area contributed by atoms with Crippen LogP contribution in [0.1, 0.15) is 20.8 Å². The molecule has 2 aromatic carbocycles. The Hall–Kier alpha value is -3.74. The summed E-state index contributed by atoms with van der Waals surface area (Å²) in [5.74, 6) is -0.898. The van der Waals surface area contributed by atoms with Crippen LogP contribution < -0.4 is 15.4 Å². The smallest absolute Gasteiger partial charge is 0.274 e. The number of hydrogen-bond donors (Lipinski definition) is 2. The minimum Gasteiger partial charge on any atom is -0.497 e. The number of ether oxygens (including phenoxy) is 1. The fourth-order valence-electron chi connectivity index (χ4n) is 2.32. The molecular weight excluding hydrogens is 349 g/mol. The lowest BCUT2D eigenvalue weighted by Gasteiger charge is -2.08. The van der Waals surface area contributed by atoms with Crippen LogP contribution in [0.25, 0.3) is 0 Å². The molecule has 136 valence electrons. The lowest BCUT2D eigenvalue weighted by atomic mass is 10.2. The molecule has 27 heavy (non-hydrogen) atoms. The first-order chi connectivity index (χ1) is 13.1. The van der Waals surface area contributed by atoms with Gasteiger partial charge in [0.05, 0.1) is 12.8 Å². The maximum atomic E-state index is 13.7. The average Bonchev–Trinajstić information content (AvgIpc) is 2.70. The summed E-state index contributed by atoms with van der Waals surface area (Å²) in [4.78, 5) is 28.6. The number of aromatic nitrogens is 1. The van der Waals surface area contributed by atoms with E-state index >= 15 is 0 Å². The number of methoxy groups -OCH3 is 1. The molecule has 6 nitrogen and oxygen atoms in total. The quantitative estimate of drug-likeness (QED) is 0.722. The number of carbonyl (C=O) groups is 2. The van der Waals surface area contributed by atoms with Gasteiger partial charge in [-0.15, -0.1) is 0 Å². The summed E-state index contributed by atoms with van der Waals surface area (Å²) in [6.07, 6.45) is 1.35. The Morgan fingerprint density at radius 2 is 1.70 bits per heavy atom. The predicted octanol–water partition coefficient (Wildman–Crippen LogP) is 3.73. The van der Waals surface area contributed by atoms with Crippen LogP contribution >= 0.6 is 0 Å². The van der Waals surface area contributed by atoms with Crippen molar-refractivity contribution in [3.63, 3.8) is 0 Å². The van der Waals surface area contributed by atoms with Crippen LogP contribution in [0.3, 0.4) is 0 Å². The van der Waals surface area contributed by atoms with Crippen molar-refractivity contribution in [2.75, 3.05) is 17.7 Å². The standard InChI is InChI=1S/C20H16FN3O3/c1-27-15-8-6-14(7-9-15)23-19(25)13-10-11-22-18(12-13)20(26)24-17-5-3-2-4-16(17)21/h2-12H,1H3,(H,23,25)(H,24,26). The number of halogens is 1. The van der Waals surface area contributed by atoms with Crippen molar-refractivity contribution >= 4 is 23.2 Å². The molecule has 3 rings (SSSR count). The van der Waals surface area contributed by atoms with E-state index in [1.807, 2.05) is 0 Å². The molecule has 0 bridgehead atoms. The Balaban J connectivity index is 1.73. The first-order valence-electron chi connectivity index (χ1n) is 8.04. The number of hydrogen-bond acceptors (Lipinski definition) is 4. The minimum atomic E-state index is -0.612. The van der Waals surface area contributed by atoms with Crippen molar-refractivity contribution in [1.82, 2.24) is 4.98 Å². The highest BCUT2D eigenvalue weighted by molar-refractivity contribution is 6.07. The number of benzene rings is 2. The van der Waals surface area contributed by atoms with E-state index in [0.717, 1.165) is 0 Å². The number of carbonyl (C=O) groups excluding carboxylic acids is 2. The van der Waals surface area contributed by atoms with Gasteiger partial charge >= 0.3 is 0 Å². The second-order valence-electron chi connectivity index (χ2n) is 5.55. The monoisotopic (exact) mass is 365 g/mol. The molecule has 0 atom stereocenters. The number of para-hydroxylation sites is 1. The van der Waals surface area contributed by atoms with Crippen LogP contribution in [0.5, 0.6) is 5.75 Å². The van der Waals surface area contributed by atoms with Crippen molar-refractivity contribution in [1.29, 1.82) is 0 Å². The summed E-state index contributed by atoms with van der Waals surface area (Å²) in [5, 5.41) is 5.15. The summed E-state index contributed by atoms with van der Waals surface area (Å²) >= 11 is 0. The maximum absolute atomic E-state index is 13.7. The lowest BCUT2D eigenvalue weighted by Crippen LogP contribution is -2.17. The molecule has 0 spiro atoms. The third-order valence-corrected chi connectivity index (χ3v) is 3.72. The Kier molecular flexibility index (Phi) is 5.41. The number of nitrogens with one attached hydrogen (secondary N) is 2. The van der Waals surface area contributed by atoms with Gasteiger partial charge in [-0.1, -0.05) is 12.1 Å². The topological polar surface area (TPSA) is 80.3 Å². The number of pyridine rings is 1. The second-order valence-corrected chi connectivity index (χ2v) is 5.55. The van der Waals surface area contributed by atoms with Gasteiger partial charge in [-0.25, -0.2) is 4.39 Å². The highest BCUT2D eigenvalue weighted by Crippen LogP contribution is 2.17. The number of nitrogens with zero attached hydrogens (tertiary/aromatic N) is 1. The van der Waals surface area contributed by atoms with Crippen molar-refractivity contribution < 1.29 is 18.7 Å². The molecule has 0 aliphatic rings. The van der Waals surface area contributed by atoms with E-state index in [9.17, 15) is 14.0 Å². The Morgan fingerprint density at radius 3 is 2.41 bits per heavy atom. The van der Waals surface area contributed by atoms with Crippen LogP contribution in [0, 0.1) is 5.82 Å². The largest absolute Gasteiger partial charge is 0.497 e. The van der Waals surface area contributed by atoms with Crippen molar-refractivity contribution in [2.45, 2.75) is 0 Å². The van der Waals surface area contributed by atoms with Gasteiger partial charge < -0.3 is 15.4 Å². The molecule has 2 amide bonds. The van der Waals surface area contributed by atoms with Crippen LogP contribution in [-0.2, 0) is 0 Å². The van der Waals surface area contributed by atoms with Crippen LogP contribution in [0.2, 0.25) is 0 Å². The normalized spacial score (nSPS) is 10.1. The number of amides is 2. The van der Waals surface area contributed by atoms with Gasteiger partial charge in [-0.2, -0.15) is 0 Å². The van der Waals surface area contributed by atoms with Gasteiger partial charge in [0.2, 0.25) is 0 Å². The summed E-state index contributed by atoms with van der Waals surface area (Å²) in [5.41, 5.74) is 0.868. The van der Waals surface area contributed by atoms with E-state index in [4.69, 9.17) is 4.74 Å². The maximum Gasteiger partial charge on any atom is 0.274 e. The average molecular weight is 365 g/mol. The van der Waals surface area contributed by atoms with E-state index in [0.29, 0.717) is 11.4 Å². The lowest BCUT2D eigenvalue weighted by molar-refractivity contribution is 0.102. The minimum absolute atomic E-state index is 0.000587. The van der Waals surface area contributed by atoms with Crippen molar-refractivity contribution in [3.05, 3.63) is 83.9 Å². The molecule has 0 unspecified atom stereocenters. The first kappa shape index (κ1) is 18.1. The van der Waals surface area contributed by atoms with Crippen molar-refractivity contribution in [3.8, 4) is 5.75 Å². The molecule has 0 aliphatic carbocycles. The summed E-state index contributed by atoms with van der Waals surface area (Å²) in [7, 11) is 1.55. The fourth-order valence-corrected chi connectivity index (χ4v) is 2.32. The van der Waals surface area contributed by atoms with Gasteiger partial charge in [0, 0.05) is 17.4 Å². The number of rotatable bonds is 5. The summed E-state index contributed by atoms with van der Waals surface area (Å²) in [6.45, 7) is 0. The zero-order chi connectivity index (χ0) is 19.2. The predicted molar refractivity (Wildman–Crippen MR) is 99.5 cm³/mol. The summed E-state index contributed by atoms with van der Waals surface area (Å²) < 4.78 is 18.7. The molecule has 0 radical (unpaired) electrons. The van der Waals surface area contributed by atoms with E-state index in [1.54, 1.807) is 37.4 Å². The molecule has 0 aliphatic heterocycles. The van der Waals surface area contributed by atoms with E-state index in [2.05, 4.69) is 15.6 Å². The van der Waals surface area contributed by atoms with E-state index in [1.165, 1.54) is 36.5 Å². The molecular formula is C20H16FN3O3. The molecule has 3 aromatic rings. The second kappa shape index (κ2) is 8.09. The molecule has 1 aromatic heterocycles. The molecule has 0 fully saturated rings. The van der Waals surface area contributed by atoms with Crippen molar-refractivity contribution in [2.24, 2.45) is 0 Å². The SMILES string of the molecule is COc1ccc(NC(=O)c2ccnc(C(=O)Nc3ccccc3F)c2)cc1. The zero-order valence-corrected chi connectivity index (χ0v) is 14.4. The Bertz CT molecular complexity index is 974. The number of anilines is 2. The van der Waals surface area contributed by atoms with E-state index in [-0.39, 0.29) is 16.9 Å². The van der Waals surface area contributed by atoms with Gasteiger partial charge in [0.15, 0.2) is 0 Å². The first-order valence-corrected chi connectivity index (χ1v) is 8.04. The van der Waals surface area contributed by atoms with Gasteiger partial charge in [0.25, 0.3) is 11.8 Å². The molecule has 1 heterocycles. The fraction of sp³-hybridized carbons (Fsp3) is 0.0500. The molecule has 7 heteroatoms. The van der Waals surface area contributed by atoms with Crippen LogP contribution in [0.15, 0.2) is 66.9 Å². The van der Waals surface area contributed by atoms with Gasteiger partial charge in [-0.3, -0.25) is 14.6 Å². The Labute approximate surface area is 155 Å². The zero-order valence-electron chi connectivity index (χ0n) is 14.4. The Morgan fingerprint density at radius 1 is 0.963 bits per heavy atom. The van der Waals surface area contributed by atoms with E-state index < -0.39 is 17.6 Å². The van der Waals surface area contributed by atoms with Gasteiger partial charge in [0.1, 0.15) is 17.3 Å². The van der Waals surface area contributed by atoms with Crippen LogP contribution in [0.4, 0.5) is 15.8 Å². The highest BCUT2D eigenvalue weighted by Gasteiger charge is 2.14. The van der Waals surface area contributed by atoms with Crippen LogP contribution in [-0.4, -0.2) is 23.9 Å². The third kappa shape index (κ3) is 4.46. The van der Waals surface area contributed by atoms with Gasteiger partial charge in [-0.05, 0) is 48.5 Å². The highest BCUT2D eigenvalue weighted by atomic mass is 19.1.